The Labute approximate surface area is 240 Å². The maximum Gasteiger partial charge on any atom is 0.227 e. The molecule has 7 nitrogen and oxygen atoms in total. The lowest BCUT2D eigenvalue weighted by Crippen LogP contribution is -2.56. The van der Waals surface area contributed by atoms with Crippen molar-refractivity contribution >= 4 is 22.7 Å². The fourth-order valence-corrected chi connectivity index (χ4v) is 6.97. The Balaban J connectivity index is 1.38. The quantitative estimate of drug-likeness (QED) is 0.385. The zero-order valence-corrected chi connectivity index (χ0v) is 23.8. The van der Waals surface area contributed by atoms with Crippen LogP contribution in [0.5, 0.6) is 5.75 Å². The Morgan fingerprint density at radius 3 is 2.10 bits per heavy atom. The van der Waals surface area contributed by atoms with Crippen LogP contribution in [0, 0.1) is 0 Å². The van der Waals surface area contributed by atoms with E-state index in [0.717, 1.165) is 46.3 Å². The molecule has 1 saturated heterocycles. The molecule has 212 valence electrons. The van der Waals surface area contributed by atoms with Gasteiger partial charge in [0, 0.05) is 49.2 Å². The van der Waals surface area contributed by atoms with Crippen molar-refractivity contribution in [2.24, 2.45) is 7.05 Å². The summed E-state index contributed by atoms with van der Waals surface area (Å²) in [6.45, 7) is 1.61. The predicted octanol–water partition coefficient (Wildman–Crippen LogP) is 4.41. The van der Waals surface area contributed by atoms with Gasteiger partial charge in [-0.05, 0) is 41.7 Å². The first-order valence-corrected chi connectivity index (χ1v) is 14.4. The molecule has 0 radical (unpaired) electrons. The van der Waals surface area contributed by atoms with Crippen LogP contribution < -0.4 is 4.74 Å². The number of ether oxygens (including phenoxy) is 1. The summed E-state index contributed by atoms with van der Waals surface area (Å²) in [6, 6.07) is 25.3. The average Bonchev–Trinajstić information content (AvgIpc) is 3.30. The number of benzene rings is 3. The lowest BCUT2D eigenvalue weighted by atomic mass is 9.68. The highest BCUT2D eigenvalue weighted by Crippen LogP contribution is 2.50. The van der Waals surface area contributed by atoms with Gasteiger partial charge in [-0.15, -0.1) is 0 Å². The molecule has 1 aromatic heterocycles. The molecule has 1 fully saturated rings. The number of likely N-dealkylation sites (tertiary alicyclic amines) is 1. The van der Waals surface area contributed by atoms with Crippen molar-refractivity contribution in [3.63, 3.8) is 0 Å². The first-order valence-electron chi connectivity index (χ1n) is 14.4. The summed E-state index contributed by atoms with van der Waals surface area (Å²) in [6.07, 6.45) is 2.17. The highest BCUT2D eigenvalue weighted by atomic mass is 16.5. The number of nitrogens with zero attached hydrogens (tertiary/aromatic N) is 3. The van der Waals surface area contributed by atoms with Crippen LogP contribution in [0.4, 0.5) is 0 Å². The Hall–Kier alpha value is -4.10. The molecule has 2 aliphatic heterocycles. The number of fused-ring (bicyclic) bond motifs is 4. The summed E-state index contributed by atoms with van der Waals surface area (Å²) in [5.74, 6) is 0.907. The van der Waals surface area contributed by atoms with Crippen LogP contribution in [0.25, 0.3) is 10.9 Å². The van der Waals surface area contributed by atoms with E-state index in [1.807, 2.05) is 89.6 Å². The van der Waals surface area contributed by atoms with E-state index >= 15 is 0 Å². The minimum atomic E-state index is -0.451. The van der Waals surface area contributed by atoms with E-state index in [1.165, 1.54) is 5.56 Å². The number of aryl methyl sites for hydroxylation is 1. The van der Waals surface area contributed by atoms with Gasteiger partial charge >= 0.3 is 0 Å². The number of amides is 2. The molecule has 6 rings (SSSR count). The minimum Gasteiger partial charge on any atom is -0.497 e. The monoisotopic (exact) mass is 551 g/mol. The van der Waals surface area contributed by atoms with Crippen LogP contribution >= 0.6 is 0 Å². The van der Waals surface area contributed by atoms with E-state index in [9.17, 15) is 14.7 Å². The maximum absolute atomic E-state index is 13.9. The molecule has 4 aromatic rings. The Kier molecular flexibility index (Phi) is 7.30. The Morgan fingerprint density at radius 1 is 0.902 bits per heavy atom. The third-order valence-electron chi connectivity index (χ3n) is 9.11. The third-order valence-corrected chi connectivity index (χ3v) is 9.11. The fraction of sp³-hybridized carbons (Fsp3) is 0.353. The SMILES string of the molecule is COc1ccc2c3c(n(C)c2c1)[C@H](CO)N(C(=O)Cc1ccccc1)CC31CCN(C(=O)Cc2ccccc2)CC1. The number of methoxy groups -OCH3 is 1. The van der Waals surface area contributed by atoms with Gasteiger partial charge in [-0.2, -0.15) is 0 Å². The summed E-state index contributed by atoms with van der Waals surface area (Å²) >= 11 is 0. The predicted molar refractivity (Wildman–Crippen MR) is 159 cm³/mol. The fourth-order valence-electron chi connectivity index (χ4n) is 6.97. The van der Waals surface area contributed by atoms with Crippen molar-refractivity contribution in [3.05, 3.63) is 101 Å². The van der Waals surface area contributed by atoms with Crippen LogP contribution in [0.3, 0.4) is 0 Å². The zero-order chi connectivity index (χ0) is 28.6. The molecule has 0 bridgehead atoms. The third kappa shape index (κ3) is 4.88. The lowest BCUT2D eigenvalue weighted by Gasteiger charge is -2.50. The van der Waals surface area contributed by atoms with Gasteiger partial charge in [-0.1, -0.05) is 60.7 Å². The van der Waals surface area contributed by atoms with Gasteiger partial charge in [0.15, 0.2) is 0 Å². The van der Waals surface area contributed by atoms with Crippen molar-refractivity contribution in [1.29, 1.82) is 0 Å². The highest BCUT2D eigenvalue weighted by molar-refractivity contribution is 5.90. The van der Waals surface area contributed by atoms with Crippen LogP contribution in [-0.4, -0.2) is 64.6 Å². The Bertz CT molecular complexity index is 1560. The number of piperidine rings is 1. The number of hydrogen-bond donors (Lipinski definition) is 1. The van der Waals surface area contributed by atoms with Crippen LogP contribution in [0.2, 0.25) is 0 Å². The van der Waals surface area contributed by atoms with Gasteiger partial charge in [0.05, 0.1) is 38.1 Å². The average molecular weight is 552 g/mol. The summed E-state index contributed by atoms with van der Waals surface area (Å²) in [4.78, 5) is 31.0. The molecule has 2 aliphatic rings. The second-order valence-electron chi connectivity index (χ2n) is 11.4. The molecule has 1 N–H and O–H groups in total. The van der Waals surface area contributed by atoms with E-state index in [-0.39, 0.29) is 30.3 Å². The molecule has 3 aromatic carbocycles. The second-order valence-corrected chi connectivity index (χ2v) is 11.4. The molecule has 1 spiro atoms. The number of aliphatic hydroxyl groups is 1. The molecule has 0 saturated carbocycles. The molecular formula is C34H37N3O4. The van der Waals surface area contributed by atoms with Gasteiger partial charge in [-0.25, -0.2) is 0 Å². The molecular weight excluding hydrogens is 514 g/mol. The summed E-state index contributed by atoms with van der Waals surface area (Å²) in [5.41, 5.74) is 4.85. The number of carbonyl (C=O) groups is 2. The van der Waals surface area contributed by atoms with Crippen molar-refractivity contribution in [2.75, 3.05) is 33.4 Å². The minimum absolute atomic E-state index is 0.00527. The summed E-state index contributed by atoms with van der Waals surface area (Å²) in [7, 11) is 3.68. The molecule has 0 aliphatic carbocycles. The molecule has 41 heavy (non-hydrogen) atoms. The Morgan fingerprint density at radius 2 is 1.51 bits per heavy atom. The largest absolute Gasteiger partial charge is 0.497 e. The van der Waals surface area contributed by atoms with E-state index in [1.54, 1.807) is 7.11 Å². The molecule has 1 atom stereocenters. The second kappa shape index (κ2) is 11.1. The summed E-state index contributed by atoms with van der Waals surface area (Å²) in [5, 5.41) is 11.9. The molecule has 2 amide bonds. The van der Waals surface area contributed by atoms with E-state index < -0.39 is 6.04 Å². The summed E-state index contributed by atoms with van der Waals surface area (Å²) < 4.78 is 7.67. The maximum atomic E-state index is 13.9. The van der Waals surface area contributed by atoms with E-state index in [0.29, 0.717) is 26.1 Å². The first-order chi connectivity index (χ1) is 19.9. The number of aromatic nitrogens is 1. The lowest BCUT2D eigenvalue weighted by molar-refractivity contribution is -0.138. The van der Waals surface area contributed by atoms with Gasteiger partial charge in [0.1, 0.15) is 5.75 Å². The topological polar surface area (TPSA) is 75.0 Å². The smallest absolute Gasteiger partial charge is 0.227 e. The van der Waals surface area contributed by atoms with Crippen LogP contribution in [0.15, 0.2) is 78.9 Å². The van der Waals surface area contributed by atoms with Crippen molar-refractivity contribution < 1.29 is 19.4 Å². The van der Waals surface area contributed by atoms with Gasteiger partial charge in [-0.3, -0.25) is 9.59 Å². The molecule has 0 unspecified atom stereocenters. The number of rotatable bonds is 6. The number of aliphatic hydroxyl groups excluding tert-OH is 1. The normalized spacial score (nSPS) is 18.0. The first kappa shape index (κ1) is 27.1. The van der Waals surface area contributed by atoms with Crippen molar-refractivity contribution in [2.45, 2.75) is 37.1 Å². The molecule has 3 heterocycles. The number of hydrogen-bond acceptors (Lipinski definition) is 4. The highest BCUT2D eigenvalue weighted by Gasteiger charge is 2.49. The number of carbonyl (C=O) groups excluding carboxylic acids is 2. The van der Waals surface area contributed by atoms with Gasteiger partial charge in [0.25, 0.3) is 0 Å². The van der Waals surface area contributed by atoms with E-state index in [2.05, 4.69) is 10.6 Å². The van der Waals surface area contributed by atoms with Crippen molar-refractivity contribution in [3.8, 4) is 5.75 Å². The standard InChI is InChI=1S/C34H37N3O4/c1-35-28-21-26(41-2)13-14-27(28)32-33(35)29(22-38)37(31(40)20-25-11-7-4-8-12-25)23-34(32)15-17-36(18-16-34)30(39)19-24-9-5-3-6-10-24/h3-14,21,29,38H,15-20,22-23H2,1-2H3/t29-/m0/s1. The van der Waals surface area contributed by atoms with Crippen LogP contribution in [0.1, 0.15) is 41.3 Å². The van der Waals surface area contributed by atoms with Gasteiger partial charge in [0.2, 0.25) is 11.8 Å². The van der Waals surface area contributed by atoms with Crippen LogP contribution in [-0.2, 0) is 34.9 Å². The van der Waals surface area contributed by atoms with Gasteiger partial charge < -0.3 is 24.2 Å². The van der Waals surface area contributed by atoms with E-state index in [4.69, 9.17) is 4.74 Å². The molecule has 7 heteroatoms. The van der Waals surface area contributed by atoms with Crippen molar-refractivity contribution in [1.82, 2.24) is 14.4 Å². The zero-order valence-electron chi connectivity index (χ0n) is 23.8.